The monoisotopic (exact) mass is 436 g/mol. The molecule has 0 unspecified atom stereocenters. The van der Waals surface area contributed by atoms with Crippen LogP contribution in [0.4, 0.5) is 16.3 Å². The molecule has 2 aromatic rings. The van der Waals surface area contributed by atoms with Crippen molar-refractivity contribution in [3.8, 4) is 0 Å². The third-order valence-corrected chi connectivity index (χ3v) is 4.00. The van der Waals surface area contributed by atoms with Gasteiger partial charge < -0.3 is 14.6 Å². The van der Waals surface area contributed by atoms with Crippen molar-refractivity contribution in [1.29, 1.82) is 0 Å². The van der Waals surface area contributed by atoms with E-state index in [4.69, 9.17) is 4.74 Å². The molecule has 1 amide bonds. The van der Waals surface area contributed by atoms with E-state index in [1.165, 1.54) is 9.47 Å². The van der Waals surface area contributed by atoms with Crippen LogP contribution in [0.3, 0.4) is 0 Å². The topological polar surface area (TPSA) is 76.5 Å². The van der Waals surface area contributed by atoms with Crippen molar-refractivity contribution in [3.05, 3.63) is 51.0 Å². The number of pyridine rings is 2. The first kappa shape index (κ1) is 21.1. The third-order valence-electron chi connectivity index (χ3n) is 3.57. The molecule has 2 aromatic heterocycles. The van der Waals surface area contributed by atoms with E-state index in [9.17, 15) is 9.59 Å². The normalized spacial score (nSPS) is 11.3. The van der Waals surface area contributed by atoms with E-state index in [1.807, 2.05) is 13.0 Å². The largest absolute Gasteiger partial charge is 0.443 e. The molecular weight excluding hydrogens is 412 g/mol. The second-order valence-electron chi connectivity index (χ2n) is 7.08. The molecule has 2 heterocycles. The highest BCUT2D eigenvalue weighted by Crippen LogP contribution is 2.26. The van der Waals surface area contributed by atoms with Crippen LogP contribution in [-0.4, -0.2) is 27.8 Å². The Bertz CT molecular complexity index is 857. The fourth-order valence-corrected chi connectivity index (χ4v) is 2.88. The molecule has 0 saturated heterocycles. The zero-order valence-corrected chi connectivity index (χ0v) is 17.8. The molecule has 0 aliphatic rings. The quantitative estimate of drug-likeness (QED) is 0.772. The lowest BCUT2D eigenvalue weighted by Crippen LogP contribution is -2.37. The Kier molecular flexibility index (Phi) is 6.78. The number of ether oxygens (including phenoxy) is 1. The number of nitrogens with one attached hydrogen (secondary N) is 1. The summed E-state index contributed by atoms with van der Waals surface area (Å²) < 4.78 is 7.57. The van der Waals surface area contributed by atoms with Gasteiger partial charge in [0.1, 0.15) is 17.1 Å². The maximum absolute atomic E-state index is 12.9. The molecule has 0 atom stereocenters. The smallest absolute Gasteiger partial charge is 0.420 e. The van der Waals surface area contributed by atoms with Crippen LogP contribution in [0.1, 0.15) is 33.3 Å². The van der Waals surface area contributed by atoms with Crippen molar-refractivity contribution < 1.29 is 9.53 Å². The predicted molar refractivity (Wildman–Crippen MR) is 109 cm³/mol. The number of nitrogens with zero attached hydrogens (tertiary/aromatic N) is 3. The highest BCUT2D eigenvalue weighted by molar-refractivity contribution is 9.10. The number of hydrogen-bond donors (Lipinski definition) is 1. The van der Waals surface area contributed by atoms with Crippen LogP contribution in [0.25, 0.3) is 0 Å². The molecular formula is C19H25BrN4O3. The number of aryl methyl sites for hydroxylation is 1. The Morgan fingerprint density at radius 3 is 2.63 bits per heavy atom. The lowest BCUT2D eigenvalue weighted by atomic mass is 10.2. The first-order chi connectivity index (χ1) is 12.6. The minimum absolute atomic E-state index is 0.160. The minimum atomic E-state index is -0.711. The maximum atomic E-state index is 12.9. The van der Waals surface area contributed by atoms with Gasteiger partial charge in [-0.3, -0.25) is 4.79 Å². The van der Waals surface area contributed by atoms with Gasteiger partial charge in [0.2, 0.25) is 0 Å². The second kappa shape index (κ2) is 8.67. The summed E-state index contributed by atoms with van der Waals surface area (Å²) in [6.07, 6.45) is 2.65. The number of halogens is 1. The van der Waals surface area contributed by atoms with Gasteiger partial charge in [-0.05, 0) is 60.9 Å². The Morgan fingerprint density at radius 2 is 2.07 bits per heavy atom. The third kappa shape index (κ3) is 5.64. The SMILES string of the molecule is CCNCc1ccc(N(C(=O)OC(C)(C)C)c2cc(Br)cn(C)c2=O)nc1. The molecule has 0 radical (unpaired) electrons. The highest BCUT2D eigenvalue weighted by Gasteiger charge is 2.28. The minimum Gasteiger partial charge on any atom is -0.443 e. The molecule has 0 saturated carbocycles. The summed E-state index contributed by atoms with van der Waals surface area (Å²) in [5, 5.41) is 3.22. The van der Waals surface area contributed by atoms with Crippen molar-refractivity contribution in [1.82, 2.24) is 14.9 Å². The number of hydrogen-bond acceptors (Lipinski definition) is 5. The first-order valence-corrected chi connectivity index (χ1v) is 9.46. The number of aromatic nitrogens is 2. The Balaban J connectivity index is 2.51. The van der Waals surface area contributed by atoms with E-state index in [0.29, 0.717) is 16.8 Å². The zero-order valence-electron chi connectivity index (χ0n) is 16.2. The molecule has 0 fully saturated rings. The summed E-state index contributed by atoms with van der Waals surface area (Å²) in [7, 11) is 1.62. The summed E-state index contributed by atoms with van der Waals surface area (Å²) in [5.41, 5.74) is 0.0971. The molecule has 0 spiro atoms. The maximum Gasteiger partial charge on any atom is 0.420 e. The second-order valence-corrected chi connectivity index (χ2v) is 8.00. The van der Waals surface area contributed by atoms with Crippen LogP contribution in [-0.2, 0) is 18.3 Å². The van der Waals surface area contributed by atoms with E-state index in [1.54, 1.807) is 52.3 Å². The molecule has 7 nitrogen and oxygen atoms in total. The van der Waals surface area contributed by atoms with Crippen molar-refractivity contribution >= 4 is 33.5 Å². The summed E-state index contributed by atoms with van der Waals surface area (Å²) >= 11 is 3.37. The molecule has 8 heteroatoms. The average molecular weight is 437 g/mol. The Hall–Kier alpha value is -2.19. The molecule has 146 valence electrons. The lowest BCUT2D eigenvalue weighted by molar-refractivity contribution is 0.0597. The van der Waals surface area contributed by atoms with E-state index in [2.05, 4.69) is 26.2 Å². The molecule has 1 N–H and O–H groups in total. The van der Waals surface area contributed by atoms with Gasteiger partial charge in [0.25, 0.3) is 5.56 Å². The van der Waals surface area contributed by atoms with Gasteiger partial charge in [-0.15, -0.1) is 0 Å². The summed E-state index contributed by atoms with van der Waals surface area (Å²) in [6, 6.07) is 5.16. The van der Waals surface area contributed by atoms with Crippen LogP contribution in [0.15, 0.2) is 39.9 Å². The van der Waals surface area contributed by atoms with Crippen molar-refractivity contribution in [3.63, 3.8) is 0 Å². The zero-order chi connectivity index (χ0) is 20.2. The van der Waals surface area contributed by atoms with Crippen molar-refractivity contribution in [2.75, 3.05) is 11.4 Å². The van der Waals surface area contributed by atoms with Gasteiger partial charge in [0, 0.05) is 30.5 Å². The van der Waals surface area contributed by atoms with Crippen LogP contribution < -0.4 is 15.8 Å². The molecule has 0 bridgehead atoms. The average Bonchev–Trinajstić information content (AvgIpc) is 2.57. The van der Waals surface area contributed by atoms with Gasteiger partial charge in [-0.2, -0.15) is 0 Å². The van der Waals surface area contributed by atoms with Gasteiger partial charge >= 0.3 is 6.09 Å². The van der Waals surface area contributed by atoms with E-state index >= 15 is 0 Å². The summed E-state index contributed by atoms with van der Waals surface area (Å²) in [5.74, 6) is 0.319. The lowest BCUT2D eigenvalue weighted by Gasteiger charge is -2.26. The number of amides is 1. The summed E-state index contributed by atoms with van der Waals surface area (Å²) in [4.78, 5) is 31.1. The Morgan fingerprint density at radius 1 is 1.37 bits per heavy atom. The number of anilines is 2. The predicted octanol–water partition coefficient (Wildman–Crippen LogP) is 3.73. The fraction of sp³-hybridized carbons (Fsp3) is 0.421. The molecule has 27 heavy (non-hydrogen) atoms. The van der Waals surface area contributed by atoms with Crippen LogP contribution in [0.2, 0.25) is 0 Å². The van der Waals surface area contributed by atoms with E-state index in [-0.39, 0.29) is 11.2 Å². The number of rotatable bonds is 5. The number of carbonyl (C=O) groups is 1. The molecule has 0 aromatic carbocycles. The van der Waals surface area contributed by atoms with Gasteiger partial charge in [-0.25, -0.2) is 14.7 Å². The van der Waals surface area contributed by atoms with Gasteiger partial charge in [0.15, 0.2) is 0 Å². The Labute approximate surface area is 167 Å². The number of carbonyl (C=O) groups excluding carboxylic acids is 1. The van der Waals surface area contributed by atoms with Crippen LogP contribution in [0.5, 0.6) is 0 Å². The fourth-order valence-electron chi connectivity index (χ4n) is 2.36. The first-order valence-electron chi connectivity index (χ1n) is 8.67. The highest BCUT2D eigenvalue weighted by atomic mass is 79.9. The standard InChI is InChI=1S/C19H25BrN4O3/c1-6-21-10-13-7-8-16(22-11-13)24(18(26)27-19(2,3)4)15-9-14(20)12-23(5)17(15)25/h7-9,11-12,21H,6,10H2,1-5H3. The van der Waals surface area contributed by atoms with Gasteiger partial charge in [0.05, 0.1) is 0 Å². The van der Waals surface area contributed by atoms with E-state index in [0.717, 1.165) is 12.1 Å². The molecule has 2 rings (SSSR count). The summed E-state index contributed by atoms with van der Waals surface area (Å²) in [6.45, 7) is 8.86. The molecule has 0 aliphatic carbocycles. The van der Waals surface area contributed by atoms with E-state index < -0.39 is 11.7 Å². The van der Waals surface area contributed by atoms with Crippen molar-refractivity contribution in [2.24, 2.45) is 7.05 Å². The van der Waals surface area contributed by atoms with Crippen molar-refractivity contribution in [2.45, 2.75) is 39.8 Å². The van der Waals surface area contributed by atoms with Crippen LogP contribution in [0, 0.1) is 0 Å². The molecule has 0 aliphatic heterocycles. The van der Waals surface area contributed by atoms with Crippen LogP contribution >= 0.6 is 15.9 Å². The van der Waals surface area contributed by atoms with Gasteiger partial charge in [-0.1, -0.05) is 13.0 Å².